The zero-order valence-corrected chi connectivity index (χ0v) is 11.9. The number of rotatable bonds is 5. The van der Waals surface area contributed by atoms with Crippen molar-refractivity contribution in [2.75, 3.05) is 7.11 Å². The van der Waals surface area contributed by atoms with Crippen molar-refractivity contribution in [3.05, 3.63) is 59.6 Å². The molecule has 2 aromatic rings. The molecule has 0 saturated carbocycles. The molecular formula is C16H16N2O3. The summed E-state index contributed by atoms with van der Waals surface area (Å²) in [5, 5.41) is 3.83. The molecule has 5 nitrogen and oxygen atoms in total. The minimum Gasteiger partial charge on any atom is -0.496 e. The molecule has 0 fully saturated rings. The first-order valence-electron chi connectivity index (χ1n) is 6.39. The van der Waals surface area contributed by atoms with Gasteiger partial charge in [-0.05, 0) is 48.9 Å². The van der Waals surface area contributed by atoms with E-state index in [-0.39, 0.29) is 5.91 Å². The van der Waals surface area contributed by atoms with Crippen molar-refractivity contribution < 1.29 is 13.9 Å². The molecule has 2 rings (SSSR count). The number of aryl methyl sites for hydroxylation is 1. The second kappa shape index (κ2) is 7.09. The molecule has 0 aliphatic rings. The first-order valence-corrected chi connectivity index (χ1v) is 6.39. The van der Waals surface area contributed by atoms with Gasteiger partial charge >= 0.3 is 0 Å². The summed E-state index contributed by atoms with van der Waals surface area (Å²) in [6.07, 6.45) is 6.48. The zero-order valence-electron chi connectivity index (χ0n) is 11.9. The fourth-order valence-electron chi connectivity index (χ4n) is 1.69. The average Bonchev–Trinajstić information content (AvgIpc) is 3.00. The van der Waals surface area contributed by atoms with E-state index in [1.807, 2.05) is 19.1 Å². The predicted molar refractivity (Wildman–Crippen MR) is 81.4 cm³/mol. The van der Waals surface area contributed by atoms with Crippen molar-refractivity contribution in [3.8, 4) is 5.75 Å². The summed E-state index contributed by atoms with van der Waals surface area (Å²) in [7, 11) is 1.57. The molecule has 1 heterocycles. The molecule has 1 aromatic heterocycles. The maximum atomic E-state index is 11.9. The second-order valence-electron chi connectivity index (χ2n) is 4.28. The van der Waals surface area contributed by atoms with Gasteiger partial charge in [-0.2, -0.15) is 5.10 Å². The Morgan fingerprint density at radius 2 is 2.24 bits per heavy atom. The molecule has 0 saturated heterocycles. The van der Waals surface area contributed by atoms with Gasteiger partial charge in [0, 0.05) is 11.8 Å². The van der Waals surface area contributed by atoms with E-state index in [1.165, 1.54) is 6.21 Å². The number of carbonyl (C=O) groups is 1. The van der Waals surface area contributed by atoms with Gasteiger partial charge in [0.05, 0.1) is 13.4 Å². The highest BCUT2D eigenvalue weighted by Crippen LogP contribution is 2.18. The van der Waals surface area contributed by atoms with Gasteiger partial charge in [0.15, 0.2) is 0 Å². The SMILES string of the molecule is COc1cc(C(=O)N/N=C\C=C\c2ccco2)ccc1C. The molecule has 21 heavy (non-hydrogen) atoms. The van der Waals surface area contributed by atoms with Crippen LogP contribution in [0.4, 0.5) is 0 Å². The van der Waals surface area contributed by atoms with Crippen LogP contribution in [0.25, 0.3) is 6.08 Å². The normalized spacial score (nSPS) is 11.1. The van der Waals surface area contributed by atoms with Gasteiger partial charge in [-0.15, -0.1) is 0 Å². The summed E-state index contributed by atoms with van der Waals surface area (Å²) in [6, 6.07) is 8.85. The third kappa shape index (κ3) is 4.07. The number of allylic oxidation sites excluding steroid dienone is 1. The van der Waals surface area contributed by atoms with Crippen LogP contribution in [0.3, 0.4) is 0 Å². The Morgan fingerprint density at radius 1 is 1.38 bits per heavy atom. The van der Waals surface area contributed by atoms with Crippen LogP contribution in [-0.2, 0) is 0 Å². The van der Waals surface area contributed by atoms with Crippen LogP contribution in [0.15, 0.2) is 52.2 Å². The monoisotopic (exact) mass is 284 g/mol. The van der Waals surface area contributed by atoms with E-state index in [9.17, 15) is 4.79 Å². The molecule has 0 atom stereocenters. The van der Waals surface area contributed by atoms with Crippen molar-refractivity contribution in [1.29, 1.82) is 0 Å². The lowest BCUT2D eigenvalue weighted by Crippen LogP contribution is -2.17. The van der Waals surface area contributed by atoms with Crippen molar-refractivity contribution >= 4 is 18.2 Å². The van der Waals surface area contributed by atoms with Crippen molar-refractivity contribution in [2.45, 2.75) is 6.92 Å². The second-order valence-corrected chi connectivity index (χ2v) is 4.28. The Labute approximate surface area is 122 Å². The molecule has 0 aliphatic carbocycles. The third-order valence-corrected chi connectivity index (χ3v) is 2.80. The third-order valence-electron chi connectivity index (χ3n) is 2.80. The number of hydrazone groups is 1. The molecule has 1 amide bonds. The highest BCUT2D eigenvalue weighted by molar-refractivity contribution is 5.95. The maximum Gasteiger partial charge on any atom is 0.271 e. The number of benzene rings is 1. The molecule has 0 unspecified atom stereocenters. The molecule has 0 spiro atoms. The quantitative estimate of drug-likeness (QED) is 0.678. The van der Waals surface area contributed by atoms with E-state index in [4.69, 9.17) is 9.15 Å². The van der Waals surface area contributed by atoms with E-state index in [0.717, 1.165) is 11.3 Å². The van der Waals surface area contributed by atoms with Crippen LogP contribution in [0.2, 0.25) is 0 Å². The summed E-state index contributed by atoms with van der Waals surface area (Å²) in [5.41, 5.74) is 3.90. The topological polar surface area (TPSA) is 63.8 Å². The Bertz CT molecular complexity index is 658. The predicted octanol–water partition coefficient (Wildman–Crippen LogP) is 3.03. The standard InChI is InChI=1S/C16H16N2O3/c1-12-7-8-13(11-15(12)20-2)16(19)18-17-9-3-5-14-6-4-10-21-14/h3-11H,1-2H3,(H,18,19)/b5-3+,17-9-. The molecule has 0 aliphatic heterocycles. The highest BCUT2D eigenvalue weighted by atomic mass is 16.5. The molecule has 1 aromatic carbocycles. The van der Waals surface area contributed by atoms with Crippen LogP contribution >= 0.6 is 0 Å². The average molecular weight is 284 g/mol. The van der Waals surface area contributed by atoms with Gasteiger partial charge in [0.25, 0.3) is 5.91 Å². The highest BCUT2D eigenvalue weighted by Gasteiger charge is 2.07. The molecule has 108 valence electrons. The van der Waals surface area contributed by atoms with E-state index in [0.29, 0.717) is 11.3 Å². The van der Waals surface area contributed by atoms with Gasteiger partial charge in [0.1, 0.15) is 11.5 Å². The fraction of sp³-hybridized carbons (Fsp3) is 0.125. The van der Waals surface area contributed by atoms with Crippen molar-refractivity contribution in [2.24, 2.45) is 5.10 Å². The number of hydrogen-bond donors (Lipinski definition) is 1. The minimum absolute atomic E-state index is 0.295. The van der Waals surface area contributed by atoms with Crippen molar-refractivity contribution in [3.63, 3.8) is 0 Å². The summed E-state index contributed by atoms with van der Waals surface area (Å²) in [6.45, 7) is 1.91. The van der Waals surface area contributed by atoms with E-state index in [1.54, 1.807) is 43.7 Å². The number of amides is 1. The van der Waals surface area contributed by atoms with Crippen LogP contribution in [0, 0.1) is 6.92 Å². The summed E-state index contributed by atoms with van der Waals surface area (Å²) in [4.78, 5) is 11.9. The Kier molecular flexibility index (Phi) is 4.93. The first-order chi connectivity index (χ1) is 10.2. The van der Waals surface area contributed by atoms with Crippen molar-refractivity contribution in [1.82, 2.24) is 5.43 Å². The van der Waals surface area contributed by atoms with Gasteiger partial charge in [-0.3, -0.25) is 4.79 Å². The number of ether oxygens (including phenoxy) is 1. The van der Waals surface area contributed by atoms with Crippen LogP contribution in [0.5, 0.6) is 5.75 Å². The fourth-order valence-corrected chi connectivity index (χ4v) is 1.69. The largest absolute Gasteiger partial charge is 0.496 e. The van der Waals surface area contributed by atoms with E-state index in [2.05, 4.69) is 10.5 Å². The van der Waals surface area contributed by atoms with Gasteiger partial charge in [-0.1, -0.05) is 6.07 Å². The Hall–Kier alpha value is -2.82. The van der Waals surface area contributed by atoms with Gasteiger partial charge in [0.2, 0.25) is 0 Å². The zero-order chi connectivity index (χ0) is 15.1. The van der Waals surface area contributed by atoms with Crippen LogP contribution < -0.4 is 10.2 Å². The number of nitrogens with zero attached hydrogens (tertiary/aromatic N) is 1. The molecule has 1 N–H and O–H groups in total. The smallest absolute Gasteiger partial charge is 0.271 e. The molecular weight excluding hydrogens is 268 g/mol. The summed E-state index contributed by atoms with van der Waals surface area (Å²) < 4.78 is 10.3. The molecule has 5 heteroatoms. The van der Waals surface area contributed by atoms with Crippen LogP contribution in [-0.4, -0.2) is 19.2 Å². The number of furan rings is 1. The lowest BCUT2D eigenvalue weighted by Gasteiger charge is -2.06. The number of nitrogens with one attached hydrogen (secondary N) is 1. The number of hydrogen-bond acceptors (Lipinski definition) is 4. The van der Waals surface area contributed by atoms with Gasteiger partial charge in [-0.25, -0.2) is 5.43 Å². The van der Waals surface area contributed by atoms with E-state index >= 15 is 0 Å². The lowest BCUT2D eigenvalue weighted by molar-refractivity contribution is 0.0955. The lowest BCUT2D eigenvalue weighted by atomic mass is 10.1. The number of methoxy groups -OCH3 is 1. The minimum atomic E-state index is -0.295. The van der Waals surface area contributed by atoms with Gasteiger partial charge < -0.3 is 9.15 Å². The van der Waals surface area contributed by atoms with E-state index < -0.39 is 0 Å². The first kappa shape index (κ1) is 14.6. The maximum absolute atomic E-state index is 11.9. The summed E-state index contributed by atoms with van der Waals surface area (Å²) >= 11 is 0. The summed E-state index contributed by atoms with van der Waals surface area (Å²) in [5.74, 6) is 1.09. The Morgan fingerprint density at radius 3 is 2.95 bits per heavy atom. The number of carbonyl (C=O) groups excluding carboxylic acids is 1. The molecule has 0 bridgehead atoms. The molecule has 0 radical (unpaired) electrons. The Balaban J connectivity index is 1.92. The van der Waals surface area contributed by atoms with Crippen LogP contribution in [0.1, 0.15) is 21.7 Å².